The average molecular weight is 206 g/mol. The minimum atomic E-state index is -0.114. The Morgan fingerprint density at radius 1 is 1.07 bits per heavy atom. The first kappa shape index (κ1) is 12.3. The highest BCUT2D eigenvalue weighted by atomic mass is 16.3. The topological polar surface area (TPSA) is 20.2 Å². The zero-order chi connectivity index (χ0) is 10.9. The Bertz CT molecular complexity index is 243. The molecule has 0 heterocycles. The van der Waals surface area contributed by atoms with Gasteiger partial charge in [0.25, 0.3) is 0 Å². The SMILES string of the molecule is CCCCC[C@H](O)CCc1ccccc1. The molecule has 0 unspecified atom stereocenters. The van der Waals surface area contributed by atoms with Crippen molar-refractivity contribution in [2.24, 2.45) is 0 Å². The minimum absolute atomic E-state index is 0.114. The smallest absolute Gasteiger partial charge is 0.0543 e. The first-order chi connectivity index (χ1) is 7.33. The van der Waals surface area contributed by atoms with Gasteiger partial charge in [-0.3, -0.25) is 0 Å². The summed E-state index contributed by atoms with van der Waals surface area (Å²) < 4.78 is 0. The summed E-state index contributed by atoms with van der Waals surface area (Å²) in [4.78, 5) is 0. The number of hydrogen-bond donors (Lipinski definition) is 1. The van der Waals surface area contributed by atoms with Gasteiger partial charge in [-0.25, -0.2) is 0 Å². The quantitative estimate of drug-likeness (QED) is 0.676. The number of hydrogen-bond acceptors (Lipinski definition) is 1. The normalized spacial score (nSPS) is 12.7. The first-order valence-corrected chi connectivity index (χ1v) is 6.05. The Morgan fingerprint density at radius 2 is 1.80 bits per heavy atom. The minimum Gasteiger partial charge on any atom is -0.393 e. The summed E-state index contributed by atoms with van der Waals surface area (Å²) >= 11 is 0. The highest BCUT2D eigenvalue weighted by Crippen LogP contribution is 2.10. The number of aliphatic hydroxyl groups is 1. The van der Waals surface area contributed by atoms with Crippen LogP contribution in [0.1, 0.15) is 44.6 Å². The lowest BCUT2D eigenvalue weighted by Gasteiger charge is -2.09. The summed E-state index contributed by atoms with van der Waals surface area (Å²) in [6, 6.07) is 10.4. The molecule has 1 N–H and O–H groups in total. The standard InChI is InChI=1S/C14H22O/c1-2-3-5-10-14(15)12-11-13-8-6-4-7-9-13/h4,6-9,14-15H,2-3,5,10-12H2,1H3/t14-/m0/s1. The Balaban J connectivity index is 2.14. The van der Waals surface area contributed by atoms with Gasteiger partial charge in [0.15, 0.2) is 0 Å². The second kappa shape index (κ2) is 7.47. The van der Waals surface area contributed by atoms with Gasteiger partial charge in [0.05, 0.1) is 6.10 Å². The van der Waals surface area contributed by atoms with Gasteiger partial charge in [-0.05, 0) is 24.8 Å². The van der Waals surface area contributed by atoms with E-state index >= 15 is 0 Å². The Kier molecular flexibility index (Phi) is 6.10. The van der Waals surface area contributed by atoms with Crippen molar-refractivity contribution >= 4 is 0 Å². The maximum atomic E-state index is 9.74. The molecule has 0 radical (unpaired) electrons. The molecule has 0 amide bonds. The van der Waals surface area contributed by atoms with Crippen LogP contribution in [0.25, 0.3) is 0 Å². The van der Waals surface area contributed by atoms with E-state index in [4.69, 9.17) is 0 Å². The molecule has 1 rings (SSSR count). The fourth-order valence-electron chi connectivity index (χ4n) is 1.75. The lowest BCUT2D eigenvalue weighted by atomic mass is 10.0. The van der Waals surface area contributed by atoms with Crippen LogP contribution in [0.4, 0.5) is 0 Å². The van der Waals surface area contributed by atoms with Gasteiger partial charge in [0.2, 0.25) is 0 Å². The molecule has 15 heavy (non-hydrogen) atoms. The molecule has 1 nitrogen and oxygen atoms in total. The molecule has 0 bridgehead atoms. The zero-order valence-corrected chi connectivity index (χ0v) is 9.65. The van der Waals surface area contributed by atoms with Crippen LogP contribution in [0.15, 0.2) is 30.3 Å². The molecule has 84 valence electrons. The second-order valence-corrected chi connectivity index (χ2v) is 4.17. The number of benzene rings is 1. The van der Waals surface area contributed by atoms with Gasteiger partial charge in [-0.1, -0.05) is 56.5 Å². The first-order valence-electron chi connectivity index (χ1n) is 6.05. The van der Waals surface area contributed by atoms with E-state index in [1.54, 1.807) is 0 Å². The van der Waals surface area contributed by atoms with E-state index in [0.717, 1.165) is 25.7 Å². The molecule has 1 atom stereocenters. The number of aryl methyl sites for hydroxylation is 1. The van der Waals surface area contributed by atoms with Crippen molar-refractivity contribution in [3.05, 3.63) is 35.9 Å². The van der Waals surface area contributed by atoms with Crippen LogP contribution in [0, 0.1) is 0 Å². The number of rotatable bonds is 7. The highest BCUT2D eigenvalue weighted by molar-refractivity contribution is 5.14. The van der Waals surface area contributed by atoms with Crippen molar-refractivity contribution in [1.82, 2.24) is 0 Å². The summed E-state index contributed by atoms with van der Waals surface area (Å²) in [6.45, 7) is 2.19. The summed E-state index contributed by atoms with van der Waals surface area (Å²) in [5, 5.41) is 9.74. The molecule has 1 aromatic rings. The second-order valence-electron chi connectivity index (χ2n) is 4.17. The zero-order valence-electron chi connectivity index (χ0n) is 9.65. The molecule has 0 fully saturated rings. The van der Waals surface area contributed by atoms with Gasteiger partial charge < -0.3 is 5.11 Å². The van der Waals surface area contributed by atoms with E-state index in [2.05, 4.69) is 31.2 Å². The van der Waals surface area contributed by atoms with Crippen LogP contribution in [-0.4, -0.2) is 11.2 Å². The van der Waals surface area contributed by atoms with Gasteiger partial charge in [-0.2, -0.15) is 0 Å². The molecule has 0 aliphatic carbocycles. The molecule has 0 aliphatic rings. The third-order valence-corrected chi connectivity index (χ3v) is 2.75. The van der Waals surface area contributed by atoms with Crippen molar-refractivity contribution in [2.75, 3.05) is 0 Å². The van der Waals surface area contributed by atoms with E-state index in [9.17, 15) is 5.11 Å². The monoisotopic (exact) mass is 206 g/mol. The van der Waals surface area contributed by atoms with Crippen LogP contribution in [0.2, 0.25) is 0 Å². The summed E-state index contributed by atoms with van der Waals surface area (Å²) in [5.74, 6) is 0. The molecule has 0 saturated carbocycles. The van der Waals surface area contributed by atoms with E-state index < -0.39 is 0 Å². The van der Waals surface area contributed by atoms with Crippen molar-refractivity contribution in [3.8, 4) is 0 Å². The molecular weight excluding hydrogens is 184 g/mol. The van der Waals surface area contributed by atoms with Gasteiger partial charge >= 0.3 is 0 Å². The Morgan fingerprint density at radius 3 is 2.47 bits per heavy atom. The summed E-state index contributed by atoms with van der Waals surface area (Å²) in [6.07, 6.45) is 6.36. The van der Waals surface area contributed by atoms with E-state index in [1.807, 2.05) is 6.07 Å². The van der Waals surface area contributed by atoms with Crippen molar-refractivity contribution in [1.29, 1.82) is 0 Å². The van der Waals surface area contributed by atoms with Crippen LogP contribution >= 0.6 is 0 Å². The predicted molar refractivity (Wildman–Crippen MR) is 64.9 cm³/mol. The fourth-order valence-corrected chi connectivity index (χ4v) is 1.75. The molecule has 1 aromatic carbocycles. The van der Waals surface area contributed by atoms with Crippen molar-refractivity contribution in [2.45, 2.75) is 51.6 Å². The van der Waals surface area contributed by atoms with Gasteiger partial charge in [0.1, 0.15) is 0 Å². The van der Waals surface area contributed by atoms with E-state index in [0.29, 0.717) is 0 Å². The van der Waals surface area contributed by atoms with Crippen LogP contribution in [-0.2, 0) is 6.42 Å². The summed E-state index contributed by atoms with van der Waals surface area (Å²) in [7, 11) is 0. The Labute approximate surface area is 93.1 Å². The van der Waals surface area contributed by atoms with Crippen molar-refractivity contribution < 1.29 is 5.11 Å². The third-order valence-electron chi connectivity index (χ3n) is 2.75. The summed E-state index contributed by atoms with van der Waals surface area (Å²) in [5.41, 5.74) is 1.33. The highest BCUT2D eigenvalue weighted by Gasteiger charge is 2.03. The molecule has 0 aliphatic heterocycles. The Hall–Kier alpha value is -0.820. The molecule has 1 heteroatoms. The largest absolute Gasteiger partial charge is 0.393 e. The molecule has 0 saturated heterocycles. The van der Waals surface area contributed by atoms with Crippen molar-refractivity contribution in [3.63, 3.8) is 0 Å². The maximum absolute atomic E-state index is 9.74. The van der Waals surface area contributed by atoms with E-state index in [1.165, 1.54) is 18.4 Å². The van der Waals surface area contributed by atoms with Crippen LogP contribution in [0.5, 0.6) is 0 Å². The third kappa shape index (κ3) is 5.58. The van der Waals surface area contributed by atoms with Gasteiger partial charge in [0, 0.05) is 0 Å². The molecule has 0 aromatic heterocycles. The lowest BCUT2D eigenvalue weighted by molar-refractivity contribution is 0.151. The molecule has 0 spiro atoms. The van der Waals surface area contributed by atoms with E-state index in [-0.39, 0.29) is 6.10 Å². The predicted octanol–water partition coefficient (Wildman–Crippen LogP) is 3.56. The van der Waals surface area contributed by atoms with Crippen LogP contribution < -0.4 is 0 Å². The lowest BCUT2D eigenvalue weighted by Crippen LogP contribution is -2.07. The number of unbranched alkanes of at least 4 members (excludes halogenated alkanes) is 2. The average Bonchev–Trinajstić information content (AvgIpc) is 2.28. The fraction of sp³-hybridized carbons (Fsp3) is 0.571. The molecular formula is C14H22O. The number of aliphatic hydroxyl groups excluding tert-OH is 1. The van der Waals surface area contributed by atoms with Gasteiger partial charge in [-0.15, -0.1) is 0 Å². The van der Waals surface area contributed by atoms with Crippen LogP contribution in [0.3, 0.4) is 0 Å². The maximum Gasteiger partial charge on any atom is 0.0543 e.